The van der Waals surface area contributed by atoms with Crippen LogP contribution in [0.15, 0.2) is 76.7 Å². The van der Waals surface area contributed by atoms with Crippen LogP contribution in [0.4, 0.5) is 10.1 Å². The Kier molecular flexibility index (Phi) is 4.59. The van der Waals surface area contributed by atoms with Crippen molar-refractivity contribution in [2.24, 2.45) is 9.98 Å². The molecule has 6 nitrogen and oxygen atoms in total. The fourth-order valence-electron chi connectivity index (χ4n) is 3.97. The van der Waals surface area contributed by atoms with Gasteiger partial charge in [-0.2, -0.15) is 0 Å². The molecule has 0 spiro atoms. The number of quaternary nitrogens is 1. The van der Waals surface area contributed by atoms with E-state index >= 15 is 0 Å². The van der Waals surface area contributed by atoms with Gasteiger partial charge in [-0.05, 0) is 55.7 Å². The molecule has 1 aliphatic carbocycles. The molecule has 1 unspecified atom stereocenters. The number of aliphatic imine (C=N–C) groups is 2. The second-order valence-corrected chi connectivity index (χ2v) is 7.43. The average molecular weight is 405 g/mol. The van der Waals surface area contributed by atoms with E-state index in [1.54, 1.807) is 12.1 Å². The molecular formula is C23H22FN4O2+. The van der Waals surface area contributed by atoms with Gasteiger partial charge in [0.15, 0.2) is 17.8 Å². The lowest BCUT2D eigenvalue weighted by Gasteiger charge is -2.46. The Morgan fingerprint density at radius 3 is 2.67 bits per heavy atom. The highest BCUT2D eigenvalue weighted by molar-refractivity contribution is 5.82. The first-order chi connectivity index (χ1) is 14.7. The zero-order valence-corrected chi connectivity index (χ0v) is 16.6. The van der Waals surface area contributed by atoms with Gasteiger partial charge in [-0.15, -0.1) is 4.59 Å². The maximum absolute atomic E-state index is 14.2. The second-order valence-electron chi connectivity index (χ2n) is 7.43. The van der Waals surface area contributed by atoms with Gasteiger partial charge >= 0.3 is 0 Å². The van der Waals surface area contributed by atoms with Crippen LogP contribution >= 0.6 is 0 Å². The summed E-state index contributed by atoms with van der Waals surface area (Å²) in [6, 6.07) is 12.7. The van der Waals surface area contributed by atoms with Crippen LogP contribution in [0, 0.1) is 5.82 Å². The summed E-state index contributed by atoms with van der Waals surface area (Å²) in [7, 11) is 1.49. The summed E-state index contributed by atoms with van der Waals surface area (Å²) in [5.41, 5.74) is 2.03. The van der Waals surface area contributed by atoms with Crippen molar-refractivity contribution >= 4 is 18.2 Å². The van der Waals surface area contributed by atoms with Crippen molar-refractivity contribution in [1.82, 2.24) is 0 Å². The van der Waals surface area contributed by atoms with E-state index in [9.17, 15) is 4.39 Å². The van der Waals surface area contributed by atoms with Crippen LogP contribution in [0.25, 0.3) is 0 Å². The number of hydrogen-bond donors (Lipinski definition) is 0. The minimum Gasteiger partial charge on any atom is -0.493 e. The van der Waals surface area contributed by atoms with Crippen molar-refractivity contribution < 1.29 is 18.5 Å². The summed E-state index contributed by atoms with van der Waals surface area (Å²) in [5, 5.41) is 2.35. The largest absolute Gasteiger partial charge is 0.493 e. The molecule has 0 amide bonds. The van der Waals surface area contributed by atoms with Crippen LogP contribution in [0.5, 0.6) is 17.2 Å². The first-order valence-corrected chi connectivity index (χ1v) is 9.96. The van der Waals surface area contributed by atoms with Crippen molar-refractivity contribution in [3.05, 3.63) is 72.6 Å². The van der Waals surface area contributed by atoms with E-state index in [-0.39, 0.29) is 5.75 Å². The average Bonchev–Trinajstić information content (AvgIpc) is 3.17. The maximum atomic E-state index is 14.2. The summed E-state index contributed by atoms with van der Waals surface area (Å²) >= 11 is 0. The van der Waals surface area contributed by atoms with E-state index in [0.717, 1.165) is 24.2 Å². The van der Waals surface area contributed by atoms with E-state index in [0.29, 0.717) is 22.1 Å². The molecule has 1 saturated carbocycles. The molecule has 152 valence electrons. The van der Waals surface area contributed by atoms with Crippen molar-refractivity contribution in [1.29, 1.82) is 0 Å². The Morgan fingerprint density at radius 1 is 1.10 bits per heavy atom. The fraction of sp³-hybridized carbons (Fsp3) is 0.217. The number of ether oxygens (including phenoxy) is 2. The first kappa shape index (κ1) is 18.6. The second kappa shape index (κ2) is 7.42. The van der Waals surface area contributed by atoms with Gasteiger partial charge in [-0.25, -0.2) is 14.4 Å². The molecule has 7 heteroatoms. The highest BCUT2D eigenvalue weighted by Gasteiger charge is 2.46. The van der Waals surface area contributed by atoms with Crippen LogP contribution in [-0.4, -0.2) is 30.3 Å². The molecule has 0 bridgehead atoms. The van der Waals surface area contributed by atoms with E-state index in [1.165, 1.54) is 19.6 Å². The lowest BCUT2D eigenvalue weighted by Crippen LogP contribution is -2.61. The molecule has 0 radical (unpaired) electrons. The Labute approximate surface area is 174 Å². The van der Waals surface area contributed by atoms with Crippen molar-refractivity contribution in [3.8, 4) is 17.2 Å². The predicted molar refractivity (Wildman–Crippen MR) is 114 cm³/mol. The Balaban J connectivity index is 1.47. The number of benzene rings is 2. The Morgan fingerprint density at radius 2 is 1.93 bits per heavy atom. The quantitative estimate of drug-likeness (QED) is 0.624. The van der Waals surface area contributed by atoms with Crippen LogP contribution in [0.3, 0.4) is 0 Å². The third-order valence-corrected chi connectivity index (χ3v) is 5.70. The number of hydrogen-bond acceptors (Lipinski definition) is 5. The zero-order valence-electron chi connectivity index (χ0n) is 16.6. The van der Waals surface area contributed by atoms with E-state index in [2.05, 4.69) is 15.0 Å². The topological polar surface area (TPSA) is 46.4 Å². The third-order valence-electron chi connectivity index (χ3n) is 5.70. The number of nitrogens with zero attached hydrogens (tertiary/aromatic N) is 4. The van der Waals surface area contributed by atoms with Crippen molar-refractivity contribution in [2.45, 2.75) is 25.3 Å². The summed E-state index contributed by atoms with van der Waals surface area (Å²) in [4.78, 5) is 8.68. The molecular weight excluding hydrogens is 383 g/mol. The summed E-state index contributed by atoms with van der Waals surface area (Å²) in [5.74, 6) is 0.512. The van der Waals surface area contributed by atoms with Gasteiger partial charge in [0.1, 0.15) is 5.75 Å². The van der Waals surface area contributed by atoms with Gasteiger partial charge in [-0.3, -0.25) is 4.99 Å². The number of allylic oxidation sites excluding steroid dienone is 1. The van der Waals surface area contributed by atoms with E-state index in [4.69, 9.17) is 9.47 Å². The molecule has 1 fully saturated rings. The molecule has 2 aromatic rings. The number of para-hydroxylation sites is 1. The monoisotopic (exact) mass is 405 g/mol. The predicted octanol–water partition coefficient (Wildman–Crippen LogP) is 5.16. The summed E-state index contributed by atoms with van der Waals surface area (Å²) in [6.07, 6.45) is 12.9. The molecule has 1 atom stereocenters. The standard InChI is InChI=1S/C23H22FN4O2/c1-29-22-7-3-6-21(24)23(22)30-20-10-8-18(9-11-20)27(17-4-2-5-17)28-13-12-25-14-19(28)15-26-16-28/h3,6-17H,2,4-5H2,1H3/q+1. The highest BCUT2D eigenvalue weighted by Crippen LogP contribution is 2.40. The number of halogens is 1. The van der Waals surface area contributed by atoms with Gasteiger partial charge in [0, 0.05) is 0 Å². The van der Waals surface area contributed by atoms with Crippen LogP contribution in [0.1, 0.15) is 19.3 Å². The molecule has 2 aromatic carbocycles. The first-order valence-electron chi connectivity index (χ1n) is 9.96. The van der Waals surface area contributed by atoms with Crippen LogP contribution in [-0.2, 0) is 0 Å². The smallest absolute Gasteiger partial charge is 0.225 e. The van der Waals surface area contributed by atoms with Crippen LogP contribution in [0.2, 0.25) is 0 Å². The van der Waals surface area contributed by atoms with Gasteiger partial charge in [0.05, 0.1) is 37.5 Å². The van der Waals surface area contributed by atoms with E-state index in [1.807, 2.05) is 55.4 Å². The van der Waals surface area contributed by atoms with Gasteiger partial charge < -0.3 is 9.47 Å². The SMILES string of the molecule is COc1cccc(F)c1Oc1ccc(N(C2CCC2)[N+]23C=CN=CC2=CN=C3)cc1. The number of anilines is 1. The molecule has 2 heterocycles. The fourth-order valence-corrected chi connectivity index (χ4v) is 3.97. The van der Waals surface area contributed by atoms with Gasteiger partial charge in [0.2, 0.25) is 17.8 Å². The number of methoxy groups -OCH3 is 1. The van der Waals surface area contributed by atoms with Crippen molar-refractivity contribution in [3.63, 3.8) is 0 Å². The summed E-state index contributed by atoms with van der Waals surface area (Å²) in [6.45, 7) is 0. The molecule has 0 aromatic heterocycles. The summed E-state index contributed by atoms with van der Waals surface area (Å²) < 4.78 is 25.6. The third kappa shape index (κ3) is 2.98. The molecule has 0 N–H and O–H groups in total. The maximum Gasteiger partial charge on any atom is 0.225 e. The Hall–Kier alpha value is -3.45. The molecule has 3 aliphatic rings. The normalized spacial score (nSPS) is 21.7. The molecule has 30 heavy (non-hydrogen) atoms. The molecule has 5 rings (SSSR count). The molecule has 2 aliphatic heterocycles. The number of rotatable bonds is 6. The molecule has 0 saturated heterocycles. The van der Waals surface area contributed by atoms with Gasteiger partial charge in [0.25, 0.3) is 0 Å². The zero-order chi connectivity index (χ0) is 20.6. The Bertz CT molecular complexity index is 1070. The van der Waals surface area contributed by atoms with Gasteiger partial charge in [-0.1, -0.05) is 6.07 Å². The number of fused-ring (bicyclic) bond motifs is 1. The van der Waals surface area contributed by atoms with Crippen LogP contribution < -0.4 is 14.5 Å². The minimum atomic E-state index is -0.464. The van der Waals surface area contributed by atoms with Crippen molar-refractivity contribution in [2.75, 3.05) is 12.1 Å². The lowest BCUT2D eigenvalue weighted by molar-refractivity contribution is -0.746. The highest BCUT2D eigenvalue weighted by atomic mass is 19.1. The van der Waals surface area contributed by atoms with E-state index < -0.39 is 5.82 Å². The minimum absolute atomic E-state index is 0.0811. The lowest BCUT2D eigenvalue weighted by atomic mass is 9.92.